The zero-order chi connectivity index (χ0) is 13.4. The molecule has 0 amide bonds. The van der Waals surface area contributed by atoms with Gasteiger partial charge in [0.2, 0.25) is 10.0 Å². The van der Waals surface area contributed by atoms with Crippen molar-refractivity contribution in [3.8, 4) is 0 Å². The van der Waals surface area contributed by atoms with Crippen molar-refractivity contribution in [2.75, 3.05) is 18.6 Å². The van der Waals surface area contributed by atoms with Gasteiger partial charge in [0.25, 0.3) is 0 Å². The minimum absolute atomic E-state index is 0.00933. The van der Waals surface area contributed by atoms with Crippen LogP contribution in [0.25, 0.3) is 0 Å². The van der Waals surface area contributed by atoms with Gasteiger partial charge in [0.05, 0.1) is 16.8 Å². The Morgan fingerprint density at radius 1 is 1.06 bits per heavy atom. The first-order valence-electron chi connectivity index (χ1n) is 6.50. The lowest BCUT2D eigenvalue weighted by molar-refractivity contribution is 0.284. The lowest BCUT2D eigenvalue weighted by atomic mass is 9.96. The monoisotopic (exact) mass is 295 g/mol. The van der Waals surface area contributed by atoms with Crippen molar-refractivity contribution < 1.29 is 16.8 Å². The van der Waals surface area contributed by atoms with E-state index in [-0.39, 0.29) is 24.0 Å². The first-order chi connectivity index (χ1) is 8.33. The molecule has 106 valence electrons. The van der Waals surface area contributed by atoms with Crippen LogP contribution in [0, 0.1) is 0 Å². The van der Waals surface area contributed by atoms with Crippen molar-refractivity contribution in [1.29, 1.82) is 0 Å². The largest absolute Gasteiger partial charge is 0.229 e. The molecule has 2 rings (SSSR count). The maximum Gasteiger partial charge on any atom is 0.218 e. The summed E-state index contributed by atoms with van der Waals surface area (Å²) >= 11 is 0. The molecule has 0 bridgehead atoms. The van der Waals surface area contributed by atoms with Gasteiger partial charge in [-0.2, -0.15) is 0 Å². The van der Waals surface area contributed by atoms with E-state index >= 15 is 0 Å². The molecular weight excluding hydrogens is 274 g/mol. The molecule has 1 aliphatic carbocycles. The van der Waals surface area contributed by atoms with E-state index in [4.69, 9.17) is 0 Å². The quantitative estimate of drug-likeness (QED) is 0.771. The predicted molar refractivity (Wildman–Crippen MR) is 70.6 cm³/mol. The molecule has 0 spiro atoms. The van der Waals surface area contributed by atoms with Crippen LogP contribution < -0.4 is 0 Å². The highest BCUT2D eigenvalue weighted by molar-refractivity contribution is 7.95. The Labute approximate surface area is 110 Å². The van der Waals surface area contributed by atoms with Gasteiger partial charge in [-0.15, -0.1) is 0 Å². The number of hydrogen-bond donors (Lipinski definition) is 0. The summed E-state index contributed by atoms with van der Waals surface area (Å²) in [7, 11) is -5.00. The van der Waals surface area contributed by atoms with E-state index in [1.165, 1.54) is 10.7 Å². The van der Waals surface area contributed by atoms with Crippen molar-refractivity contribution in [3.05, 3.63) is 0 Å². The average molecular weight is 295 g/mol. The second-order valence-corrected chi connectivity index (χ2v) is 9.88. The highest BCUT2D eigenvalue weighted by Crippen LogP contribution is 2.28. The summed E-state index contributed by atoms with van der Waals surface area (Å²) in [6.45, 7) is 0. The van der Waals surface area contributed by atoms with Gasteiger partial charge in [0.1, 0.15) is 0 Å². The van der Waals surface area contributed by atoms with Crippen LogP contribution in [0.3, 0.4) is 0 Å². The van der Waals surface area contributed by atoms with Crippen molar-refractivity contribution in [3.63, 3.8) is 0 Å². The molecule has 0 aromatic heterocycles. The lowest BCUT2D eigenvalue weighted by Gasteiger charge is -2.32. The molecule has 0 aromatic carbocycles. The van der Waals surface area contributed by atoms with E-state index in [1.807, 2.05) is 0 Å². The van der Waals surface area contributed by atoms with Crippen LogP contribution in [-0.4, -0.2) is 51.0 Å². The lowest BCUT2D eigenvalue weighted by Crippen LogP contribution is -2.43. The van der Waals surface area contributed by atoms with Gasteiger partial charge >= 0.3 is 0 Å². The Bertz CT molecular complexity index is 491. The number of sulfonamides is 1. The van der Waals surface area contributed by atoms with Crippen molar-refractivity contribution >= 4 is 19.9 Å². The molecule has 7 heteroatoms. The fraction of sp³-hybridized carbons (Fsp3) is 1.00. The van der Waals surface area contributed by atoms with Crippen LogP contribution in [0.5, 0.6) is 0 Å². The Balaban J connectivity index is 2.10. The minimum Gasteiger partial charge on any atom is -0.229 e. The van der Waals surface area contributed by atoms with Crippen LogP contribution >= 0.6 is 0 Å². The molecule has 2 aliphatic rings. The van der Waals surface area contributed by atoms with E-state index in [9.17, 15) is 16.8 Å². The van der Waals surface area contributed by atoms with Gasteiger partial charge < -0.3 is 0 Å². The molecule has 18 heavy (non-hydrogen) atoms. The molecule has 1 atom stereocenters. The van der Waals surface area contributed by atoms with Gasteiger partial charge in [0, 0.05) is 13.1 Å². The second kappa shape index (κ2) is 5.09. The topological polar surface area (TPSA) is 71.5 Å². The standard InChI is InChI=1S/C11H21NO4S2/c1-12(10-5-3-2-4-6-10)18(15,16)11-7-8-17(13,14)9-11/h10-11H,2-9H2,1H3/t11-/m0/s1. The Hall–Kier alpha value is -0.140. The Morgan fingerprint density at radius 2 is 1.67 bits per heavy atom. The second-order valence-electron chi connectivity index (χ2n) is 5.38. The first kappa shape index (κ1) is 14.3. The third-order valence-electron chi connectivity index (χ3n) is 4.10. The molecule has 1 saturated carbocycles. The van der Waals surface area contributed by atoms with E-state index in [0.29, 0.717) is 0 Å². The first-order valence-corrected chi connectivity index (χ1v) is 9.83. The average Bonchev–Trinajstić information content (AvgIpc) is 2.70. The molecule has 1 heterocycles. The number of rotatable bonds is 3. The highest BCUT2D eigenvalue weighted by atomic mass is 32.2. The van der Waals surface area contributed by atoms with Gasteiger partial charge in [-0.05, 0) is 19.3 Å². The Kier molecular flexibility index (Phi) is 4.04. The SMILES string of the molecule is CN(C1CCCCC1)S(=O)(=O)[C@H]1CCS(=O)(=O)C1. The van der Waals surface area contributed by atoms with Crippen molar-refractivity contribution in [2.24, 2.45) is 0 Å². The summed E-state index contributed by atoms with van der Waals surface area (Å²) in [6.07, 6.45) is 5.34. The third-order valence-corrected chi connectivity index (χ3v) is 8.43. The summed E-state index contributed by atoms with van der Waals surface area (Å²) in [5.74, 6) is -0.193. The molecule has 0 N–H and O–H groups in total. The van der Waals surface area contributed by atoms with Gasteiger partial charge in [0.15, 0.2) is 9.84 Å². The van der Waals surface area contributed by atoms with E-state index in [2.05, 4.69) is 0 Å². The van der Waals surface area contributed by atoms with Crippen LogP contribution in [-0.2, 0) is 19.9 Å². The zero-order valence-corrected chi connectivity index (χ0v) is 12.3. The van der Waals surface area contributed by atoms with Crippen LogP contribution in [0.4, 0.5) is 0 Å². The molecule has 0 unspecified atom stereocenters. The Morgan fingerprint density at radius 3 is 2.17 bits per heavy atom. The van der Waals surface area contributed by atoms with Gasteiger partial charge in [-0.3, -0.25) is 0 Å². The minimum atomic E-state index is -3.46. The third kappa shape index (κ3) is 2.88. The van der Waals surface area contributed by atoms with Crippen molar-refractivity contribution in [2.45, 2.75) is 49.8 Å². The van der Waals surface area contributed by atoms with Crippen LogP contribution in [0.1, 0.15) is 38.5 Å². The molecule has 2 fully saturated rings. The molecule has 0 aromatic rings. The number of sulfone groups is 1. The van der Waals surface area contributed by atoms with E-state index < -0.39 is 25.1 Å². The summed E-state index contributed by atoms with van der Waals surface area (Å²) in [5, 5.41) is -0.727. The predicted octanol–water partition coefficient (Wildman–Crippen LogP) is 0.768. The maximum atomic E-state index is 12.4. The van der Waals surface area contributed by atoms with E-state index in [0.717, 1.165) is 25.7 Å². The van der Waals surface area contributed by atoms with Gasteiger partial charge in [-0.1, -0.05) is 19.3 Å². The maximum absolute atomic E-state index is 12.4. The fourth-order valence-electron chi connectivity index (χ4n) is 2.88. The number of hydrogen-bond acceptors (Lipinski definition) is 4. The van der Waals surface area contributed by atoms with Crippen molar-refractivity contribution in [1.82, 2.24) is 4.31 Å². The smallest absolute Gasteiger partial charge is 0.218 e. The summed E-state index contributed by atoms with van der Waals surface area (Å²) in [5.41, 5.74) is 0. The van der Waals surface area contributed by atoms with E-state index in [1.54, 1.807) is 7.05 Å². The molecular formula is C11H21NO4S2. The zero-order valence-electron chi connectivity index (χ0n) is 10.7. The highest BCUT2D eigenvalue weighted by Gasteiger charge is 2.41. The molecule has 5 nitrogen and oxygen atoms in total. The number of nitrogens with zero attached hydrogens (tertiary/aromatic N) is 1. The molecule has 1 saturated heterocycles. The normalized spacial score (nSPS) is 29.8. The molecule has 0 radical (unpaired) electrons. The van der Waals surface area contributed by atoms with Gasteiger partial charge in [-0.25, -0.2) is 21.1 Å². The summed E-state index contributed by atoms with van der Waals surface area (Å²) in [4.78, 5) is 0. The summed E-state index contributed by atoms with van der Waals surface area (Å²) < 4.78 is 49.0. The molecule has 1 aliphatic heterocycles. The fourth-order valence-corrected chi connectivity index (χ4v) is 7.40. The van der Waals surface area contributed by atoms with Crippen LogP contribution in [0.2, 0.25) is 0 Å². The van der Waals surface area contributed by atoms with Crippen LogP contribution in [0.15, 0.2) is 0 Å². The summed E-state index contributed by atoms with van der Waals surface area (Å²) in [6, 6.07) is 0.0621.